The Bertz CT molecular complexity index is 947. The lowest BCUT2D eigenvalue weighted by Gasteiger charge is -2.11. The van der Waals surface area contributed by atoms with Gasteiger partial charge in [0.1, 0.15) is 11.5 Å². The molecule has 0 fully saturated rings. The molecule has 4 rings (SSSR count). The van der Waals surface area contributed by atoms with Crippen LogP contribution >= 0.6 is 11.3 Å². The standard InChI is InChI=1S/C17H15N3O5S/c1-22-9-3-4-10(12(5-9)23-2)18-16(21)20-17-19-11-6-13-14(25-8-24-13)7-15(11)26-17/h3-7H,8H2,1-2H3,(H2,18,19,20,21). The number of nitrogens with zero attached hydrogens (tertiary/aromatic N) is 1. The summed E-state index contributed by atoms with van der Waals surface area (Å²) in [6, 6.07) is 8.35. The van der Waals surface area contributed by atoms with Gasteiger partial charge in [0.25, 0.3) is 0 Å². The van der Waals surface area contributed by atoms with Crippen LogP contribution in [0.3, 0.4) is 0 Å². The minimum atomic E-state index is -0.424. The van der Waals surface area contributed by atoms with E-state index >= 15 is 0 Å². The molecule has 2 N–H and O–H groups in total. The van der Waals surface area contributed by atoms with E-state index in [2.05, 4.69) is 15.6 Å². The number of methoxy groups -OCH3 is 2. The van der Waals surface area contributed by atoms with Crippen molar-refractivity contribution in [3.8, 4) is 23.0 Å². The molecule has 0 saturated heterocycles. The molecule has 1 aromatic heterocycles. The fourth-order valence-corrected chi connectivity index (χ4v) is 3.40. The summed E-state index contributed by atoms with van der Waals surface area (Å²) in [6.45, 7) is 0.212. The Hall–Kier alpha value is -3.20. The van der Waals surface area contributed by atoms with Gasteiger partial charge in [-0.2, -0.15) is 0 Å². The number of amides is 2. The molecule has 3 aromatic rings. The van der Waals surface area contributed by atoms with Crippen LogP contribution in [0.25, 0.3) is 10.2 Å². The molecule has 2 aromatic carbocycles. The molecule has 8 nitrogen and oxygen atoms in total. The van der Waals surface area contributed by atoms with Gasteiger partial charge >= 0.3 is 6.03 Å². The van der Waals surface area contributed by atoms with Crippen LogP contribution < -0.4 is 29.6 Å². The maximum atomic E-state index is 12.3. The third-order valence-corrected chi connectivity index (χ3v) is 4.69. The van der Waals surface area contributed by atoms with Gasteiger partial charge < -0.3 is 24.3 Å². The van der Waals surface area contributed by atoms with Crippen LogP contribution in [-0.4, -0.2) is 32.0 Å². The number of aromatic nitrogens is 1. The monoisotopic (exact) mass is 373 g/mol. The maximum absolute atomic E-state index is 12.3. The molecular formula is C17H15N3O5S. The maximum Gasteiger partial charge on any atom is 0.325 e. The Morgan fingerprint density at radius 3 is 2.69 bits per heavy atom. The smallest absolute Gasteiger partial charge is 0.325 e. The van der Waals surface area contributed by atoms with Crippen molar-refractivity contribution >= 4 is 38.4 Å². The van der Waals surface area contributed by atoms with E-state index < -0.39 is 6.03 Å². The van der Waals surface area contributed by atoms with Gasteiger partial charge in [0.05, 0.1) is 30.1 Å². The first-order valence-corrected chi connectivity index (χ1v) is 8.48. The molecule has 1 aliphatic heterocycles. The van der Waals surface area contributed by atoms with Crippen molar-refractivity contribution in [1.82, 2.24) is 4.98 Å². The van der Waals surface area contributed by atoms with Crippen LogP contribution in [0.4, 0.5) is 15.6 Å². The van der Waals surface area contributed by atoms with E-state index in [-0.39, 0.29) is 6.79 Å². The highest BCUT2D eigenvalue weighted by atomic mass is 32.1. The average Bonchev–Trinajstić information content (AvgIpc) is 3.24. The molecular weight excluding hydrogens is 358 g/mol. The lowest BCUT2D eigenvalue weighted by Crippen LogP contribution is -2.19. The quantitative estimate of drug-likeness (QED) is 0.725. The summed E-state index contributed by atoms with van der Waals surface area (Å²) < 4.78 is 22.0. The van der Waals surface area contributed by atoms with Gasteiger partial charge in [-0.05, 0) is 12.1 Å². The molecule has 0 atom stereocenters. The zero-order valence-corrected chi connectivity index (χ0v) is 14.8. The fourth-order valence-electron chi connectivity index (χ4n) is 2.52. The molecule has 9 heteroatoms. The number of fused-ring (bicyclic) bond motifs is 2. The number of hydrogen-bond acceptors (Lipinski definition) is 7. The topological polar surface area (TPSA) is 90.9 Å². The highest BCUT2D eigenvalue weighted by Crippen LogP contribution is 2.39. The van der Waals surface area contributed by atoms with Gasteiger partial charge in [0, 0.05) is 18.2 Å². The molecule has 0 saturated carbocycles. The first-order chi connectivity index (χ1) is 12.7. The van der Waals surface area contributed by atoms with E-state index in [9.17, 15) is 4.79 Å². The summed E-state index contributed by atoms with van der Waals surface area (Å²) in [4.78, 5) is 16.7. The van der Waals surface area contributed by atoms with Crippen LogP contribution in [0, 0.1) is 0 Å². The number of rotatable bonds is 4. The number of thiazole rings is 1. The van der Waals surface area contributed by atoms with E-state index in [0.29, 0.717) is 33.8 Å². The van der Waals surface area contributed by atoms with Crippen molar-refractivity contribution in [2.75, 3.05) is 31.6 Å². The van der Waals surface area contributed by atoms with E-state index in [1.54, 1.807) is 31.4 Å². The number of hydrogen-bond donors (Lipinski definition) is 2. The molecule has 0 bridgehead atoms. The SMILES string of the molecule is COc1ccc(NC(=O)Nc2nc3cc4c(cc3s2)OCO4)c(OC)c1. The van der Waals surface area contributed by atoms with E-state index in [1.165, 1.54) is 18.4 Å². The van der Waals surface area contributed by atoms with E-state index in [4.69, 9.17) is 18.9 Å². The summed E-state index contributed by atoms with van der Waals surface area (Å²) in [5.41, 5.74) is 1.25. The summed E-state index contributed by atoms with van der Waals surface area (Å²) in [5, 5.41) is 5.93. The molecule has 0 unspecified atom stereocenters. The summed E-state index contributed by atoms with van der Waals surface area (Å²) in [6.07, 6.45) is 0. The highest BCUT2D eigenvalue weighted by Gasteiger charge is 2.17. The Kier molecular flexibility index (Phi) is 4.13. The summed E-state index contributed by atoms with van der Waals surface area (Å²) in [5.74, 6) is 2.47. The predicted molar refractivity (Wildman–Crippen MR) is 97.9 cm³/mol. The van der Waals surface area contributed by atoms with E-state index in [0.717, 1.165) is 10.2 Å². The van der Waals surface area contributed by atoms with Gasteiger partial charge in [-0.25, -0.2) is 9.78 Å². The van der Waals surface area contributed by atoms with Crippen molar-refractivity contribution in [2.45, 2.75) is 0 Å². The molecule has 2 heterocycles. The second-order valence-corrected chi connectivity index (χ2v) is 6.37. The third kappa shape index (κ3) is 3.04. The molecule has 2 amide bonds. The van der Waals surface area contributed by atoms with E-state index in [1.807, 2.05) is 6.07 Å². The fraction of sp³-hybridized carbons (Fsp3) is 0.176. The summed E-state index contributed by atoms with van der Waals surface area (Å²) in [7, 11) is 3.09. The Balaban J connectivity index is 1.51. The van der Waals surface area contributed by atoms with Gasteiger partial charge in [-0.3, -0.25) is 5.32 Å². The first-order valence-electron chi connectivity index (χ1n) is 7.66. The second kappa shape index (κ2) is 6.60. The number of carbonyl (C=O) groups excluding carboxylic acids is 1. The lowest BCUT2D eigenvalue weighted by molar-refractivity contribution is 0.174. The minimum Gasteiger partial charge on any atom is -0.497 e. The predicted octanol–water partition coefficient (Wildman–Crippen LogP) is 3.69. The Labute approximate surface area is 152 Å². The zero-order chi connectivity index (χ0) is 18.1. The van der Waals surface area contributed by atoms with Crippen molar-refractivity contribution in [3.63, 3.8) is 0 Å². The molecule has 0 spiro atoms. The van der Waals surface area contributed by atoms with Gasteiger partial charge in [-0.15, -0.1) is 0 Å². The van der Waals surface area contributed by atoms with Crippen molar-refractivity contribution in [2.24, 2.45) is 0 Å². The minimum absolute atomic E-state index is 0.212. The Morgan fingerprint density at radius 2 is 1.92 bits per heavy atom. The van der Waals surface area contributed by atoms with Gasteiger partial charge in [-0.1, -0.05) is 11.3 Å². The van der Waals surface area contributed by atoms with Crippen LogP contribution in [-0.2, 0) is 0 Å². The molecule has 26 heavy (non-hydrogen) atoms. The van der Waals surface area contributed by atoms with Crippen LogP contribution in [0.5, 0.6) is 23.0 Å². The largest absolute Gasteiger partial charge is 0.497 e. The van der Waals surface area contributed by atoms with Crippen molar-refractivity contribution in [1.29, 1.82) is 0 Å². The van der Waals surface area contributed by atoms with Crippen LogP contribution in [0.1, 0.15) is 0 Å². The normalized spacial score (nSPS) is 12.1. The molecule has 134 valence electrons. The van der Waals surface area contributed by atoms with Crippen LogP contribution in [0.2, 0.25) is 0 Å². The number of ether oxygens (including phenoxy) is 4. The molecule has 0 radical (unpaired) electrons. The van der Waals surface area contributed by atoms with Gasteiger partial charge in [0.2, 0.25) is 6.79 Å². The van der Waals surface area contributed by atoms with Crippen molar-refractivity contribution in [3.05, 3.63) is 30.3 Å². The zero-order valence-electron chi connectivity index (χ0n) is 14.0. The van der Waals surface area contributed by atoms with Crippen molar-refractivity contribution < 1.29 is 23.7 Å². The second-order valence-electron chi connectivity index (χ2n) is 5.34. The third-order valence-electron chi connectivity index (χ3n) is 3.76. The number of carbonyl (C=O) groups is 1. The Morgan fingerprint density at radius 1 is 1.12 bits per heavy atom. The van der Waals surface area contributed by atoms with Gasteiger partial charge in [0.15, 0.2) is 16.6 Å². The number of urea groups is 1. The number of nitrogens with one attached hydrogen (secondary N) is 2. The average molecular weight is 373 g/mol. The number of anilines is 2. The lowest BCUT2D eigenvalue weighted by atomic mass is 10.2. The molecule has 1 aliphatic rings. The summed E-state index contributed by atoms with van der Waals surface area (Å²) >= 11 is 1.35. The first kappa shape index (κ1) is 16.3. The highest BCUT2D eigenvalue weighted by molar-refractivity contribution is 7.22. The molecule has 0 aliphatic carbocycles. The number of benzene rings is 2. The van der Waals surface area contributed by atoms with Crippen LogP contribution in [0.15, 0.2) is 30.3 Å².